The number of nitrogens with zero attached hydrogens (tertiary/aromatic N) is 1. The summed E-state index contributed by atoms with van der Waals surface area (Å²) in [7, 11) is 0. The van der Waals surface area contributed by atoms with Crippen LogP contribution in [0.5, 0.6) is 0 Å². The van der Waals surface area contributed by atoms with Crippen LogP contribution in [0.4, 0.5) is 5.69 Å². The molecule has 0 aliphatic rings. The summed E-state index contributed by atoms with van der Waals surface area (Å²) >= 11 is 1.43. The number of carbonyl (C=O) groups is 2. The molecule has 24 heavy (non-hydrogen) atoms. The van der Waals surface area contributed by atoms with Gasteiger partial charge in [0.05, 0.1) is 17.2 Å². The highest BCUT2D eigenvalue weighted by molar-refractivity contribution is 7.98. The summed E-state index contributed by atoms with van der Waals surface area (Å²) < 4.78 is 5.24. The molecule has 1 amide bonds. The molecule has 0 aliphatic carbocycles. The first kappa shape index (κ1) is 17.6. The van der Waals surface area contributed by atoms with Gasteiger partial charge in [-0.2, -0.15) is 5.26 Å². The van der Waals surface area contributed by atoms with Crippen LogP contribution in [0.3, 0.4) is 0 Å². The largest absolute Gasteiger partial charge is 0.449 e. The molecular weight excluding hydrogens is 324 g/mol. The highest BCUT2D eigenvalue weighted by Crippen LogP contribution is 2.21. The molecule has 0 aliphatic heterocycles. The number of nitriles is 1. The fourth-order valence-corrected chi connectivity index (χ4v) is 2.59. The Morgan fingerprint density at radius 3 is 2.67 bits per heavy atom. The summed E-state index contributed by atoms with van der Waals surface area (Å²) in [5.74, 6) is -1.01. The summed E-state index contributed by atoms with van der Waals surface area (Å²) in [5.41, 5.74) is 1.34. The minimum absolute atomic E-state index is 0.427. The lowest BCUT2D eigenvalue weighted by atomic mass is 10.2. The number of amides is 1. The van der Waals surface area contributed by atoms with Crippen LogP contribution in [0, 0.1) is 11.3 Å². The minimum Gasteiger partial charge on any atom is -0.449 e. The van der Waals surface area contributed by atoms with E-state index in [0.717, 1.165) is 4.90 Å². The van der Waals surface area contributed by atoms with Crippen LogP contribution in [-0.2, 0) is 9.53 Å². The van der Waals surface area contributed by atoms with E-state index in [2.05, 4.69) is 5.32 Å². The van der Waals surface area contributed by atoms with Crippen LogP contribution >= 0.6 is 11.8 Å². The molecule has 6 heteroatoms. The van der Waals surface area contributed by atoms with Crippen molar-refractivity contribution in [3.05, 3.63) is 59.7 Å². The molecule has 1 atom stereocenters. The van der Waals surface area contributed by atoms with Crippen LogP contribution in [0.2, 0.25) is 0 Å². The molecule has 2 rings (SSSR count). The Bertz CT molecular complexity index is 799. The molecule has 0 saturated heterocycles. The van der Waals surface area contributed by atoms with Crippen LogP contribution in [0.15, 0.2) is 53.4 Å². The maximum atomic E-state index is 12.2. The average molecular weight is 340 g/mol. The molecule has 0 unspecified atom stereocenters. The van der Waals surface area contributed by atoms with Gasteiger partial charge in [0, 0.05) is 10.6 Å². The first-order valence-electron chi connectivity index (χ1n) is 7.20. The predicted molar refractivity (Wildman–Crippen MR) is 92.9 cm³/mol. The minimum atomic E-state index is -0.960. The quantitative estimate of drug-likeness (QED) is 0.666. The van der Waals surface area contributed by atoms with Crippen LogP contribution in [0.25, 0.3) is 0 Å². The van der Waals surface area contributed by atoms with Crippen molar-refractivity contribution in [3.63, 3.8) is 0 Å². The lowest BCUT2D eigenvalue weighted by molar-refractivity contribution is -0.123. The van der Waals surface area contributed by atoms with Crippen molar-refractivity contribution in [2.45, 2.75) is 17.9 Å². The molecule has 0 spiro atoms. The van der Waals surface area contributed by atoms with Gasteiger partial charge >= 0.3 is 5.97 Å². The number of benzene rings is 2. The molecule has 122 valence electrons. The van der Waals surface area contributed by atoms with Crippen molar-refractivity contribution < 1.29 is 14.3 Å². The maximum absolute atomic E-state index is 12.2. The number of hydrogen-bond acceptors (Lipinski definition) is 5. The number of ether oxygens (including phenoxy) is 1. The summed E-state index contributed by atoms with van der Waals surface area (Å²) in [4.78, 5) is 25.2. The van der Waals surface area contributed by atoms with E-state index in [1.807, 2.05) is 24.5 Å². The molecule has 5 nitrogen and oxygen atoms in total. The summed E-state index contributed by atoms with van der Waals surface area (Å²) in [6.07, 6.45) is 0.905. The van der Waals surface area contributed by atoms with Gasteiger partial charge < -0.3 is 10.1 Å². The molecular formula is C18H16N2O3S. The van der Waals surface area contributed by atoms with Crippen molar-refractivity contribution in [1.82, 2.24) is 0 Å². The summed E-state index contributed by atoms with van der Waals surface area (Å²) in [6.45, 7) is 1.50. The normalized spacial score (nSPS) is 11.2. The van der Waals surface area contributed by atoms with Gasteiger partial charge in [0.15, 0.2) is 6.10 Å². The highest BCUT2D eigenvalue weighted by atomic mass is 32.2. The molecule has 0 aromatic heterocycles. The van der Waals surface area contributed by atoms with Crippen molar-refractivity contribution >= 4 is 29.3 Å². The van der Waals surface area contributed by atoms with E-state index in [0.29, 0.717) is 16.8 Å². The number of rotatable bonds is 5. The summed E-state index contributed by atoms with van der Waals surface area (Å²) in [6, 6.07) is 15.6. The Labute approximate surface area is 144 Å². The van der Waals surface area contributed by atoms with E-state index in [1.54, 1.807) is 36.4 Å². The van der Waals surface area contributed by atoms with Crippen LogP contribution < -0.4 is 5.32 Å². The SMILES string of the molecule is CSc1ccccc1C(=O)O[C@H](C)C(=O)Nc1cccc(C#N)c1. The van der Waals surface area contributed by atoms with Crippen LogP contribution in [-0.4, -0.2) is 24.2 Å². The number of thioether (sulfide) groups is 1. The first-order valence-corrected chi connectivity index (χ1v) is 8.42. The zero-order chi connectivity index (χ0) is 17.5. The van der Waals surface area contributed by atoms with Crippen molar-refractivity contribution in [2.75, 3.05) is 11.6 Å². The summed E-state index contributed by atoms with van der Waals surface area (Å²) in [5, 5.41) is 11.5. The maximum Gasteiger partial charge on any atom is 0.340 e. The van der Waals surface area contributed by atoms with Gasteiger partial charge in [0.2, 0.25) is 0 Å². The molecule has 2 aromatic rings. The smallest absolute Gasteiger partial charge is 0.340 e. The molecule has 0 bridgehead atoms. The zero-order valence-corrected chi connectivity index (χ0v) is 14.1. The molecule has 0 radical (unpaired) electrons. The first-order chi connectivity index (χ1) is 11.5. The van der Waals surface area contributed by atoms with Gasteiger partial charge in [-0.1, -0.05) is 18.2 Å². The third kappa shape index (κ3) is 4.37. The third-order valence-electron chi connectivity index (χ3n) is 3.24. The number of nitrogens with one attached hydrogen (secondary N) is 1. The Kier molecular flexibility index (Phi) is 5.99. The Morgan fingerprint density at radius 2 is 1.96 bits per heavy atom. The zero-order valence-electron chi connectivity index (χ0n) is 13.3. The van der Waals surface area contributed by atoms with Gasteiger partial charge in [-0.05, 0) is 43.5 Å². The van der Waals surface area contributed by atoms with Gasteiger partial charge in [0.1, 0.15) is 0 Å². The number of carbonyl (C=O) groups excluding carboxylic acids is 2. The van der Waals surface area contributed by atoms with Crippen LogP contribution in [0.1, 0.15) is 22.8 Å². The van der Waals surface area contributed by atoms with Gasteiger partial charge in [0.25, 0.3) is 5.91 Å². The monoisotopic (exact) mass is 340 g/mol. The fraction of sp³-hybridized carbons (Fsp3) is 0.167. The topological polar surface area (TPSA) is 79.2 Å². The third-order valence-corrected chi connectivity index (χ3v) is 4.03. The lowest BCUT2D eigenvalue weighted by Gasteiger charge is -2.14. The molecule has 0 saturated carbocycles. The van der Waals surface area contributed by atoms with Gasteiger partial charge in [-0.25, -0.2) is 4.79 Å². The number of anilines is 1. The molecule has 0 heterocycles. The standard InChI is InChI=1S/C18H16N2O3S/c1-12(17(21)20-14-7-5-6-13(10-14)11-19)23-18(22)15-8-3-4-9-16(15)24-2/h3-10,12H,1-2H3,(H,20,21)/t12-/m1/s1. The lowest BCUT2D eigenvalue weighted by Crippen LogP contribution is -2.30. The highest BCUT2D eigenvalue weighted by Gasteiger charge is 2.20. The second-order valence-electron chi connectivity index (χ2n) is 4.93. The average Bonchev–Trinajstić information content (AvgIpc) is 2.61. The van der Waals surface area contributed by atoms with Crippen molar-refractivity contribution in [3.8, 4) is 6.07 Å². The van der Waals surface area contributed by atoms with E-state index in [1.165, 1.54) is 18.7 Å². The number of hydrogen-bond donors (Lipinski definition) is 1. The van der Waals surface area contributed by atoms with E-state index in [4.69, 9.17) is 10.00 Å². The Balaban J connectivity index is 2.03. The molecule has 1 N–H and O–H groups in total. The van der Waals surface area contributed by atoms with E-state index < -0.39 is 18.0 Å². The Morgan fingerprint density at radius 1 is 1.21 bits per heavy atom. The van der Waals surface area contributed by atoms with E-state index in [9.17, 15) is 9.59 Å². The number of esters is 1. The second kappa shape index (κ2) is 8.18. The Hall–Kier alpha value is -2.78. The fourth-order valence-electron chi connectivity index (χ4n) is 2.00. The van der Waals surface area contributed by atoms with Crippen molar-refractivity contribution in [2.24, 2.45) is 0 Å². The van der Waals surface area contributed by atoms with Crippen molar-refractivity contribution in [1.29, 1.82) is 5.26 Å². The second-order valence-corrected chi connectivity index (χ2v) is 5.78. The molecule has 2 aromatic carbocycles. The van der Waals surface area contributed by atoms with Gasteiger partial charge in [-0.15, -0.1) is 11.8 Å². The predicted octanol–water partition coefficient (Wildman–Crippen LogP) is 3.46. The van der Waals surface area contributed by atoms with E-state index >= 15 is 0 Å². The van der Waals surface area contributed by atoms with Gasteiger partial charge in [-0.3, -0.25) is 4.79 Å². The molecule has 0 fully saturated rings. The van der Waals surface area contributed by atoms with E-state index in [-0.39, 0.29) is 0 Å².